The van der Waals surface area contributed by atoms with Gasteiger partial charge in [0.05, 0.1) is 31.8 Å². The number of nitrogens with one attached hydrogen (secondary N) is 6. The monoisotopic (exact) mass is 480 g/mol. The number of aliphatic imine (C=N–C) groups is 4. The van der Waals surface area contributed by atoms with E-state index in [1.807, 2.05) is 31.5 Å². The Morgan fingerprint density at radius 3 is 2.37 bits per heavy atom. The molecule has 2 aliphatic rings. The Hall–Kier alpha value is -3.96. The van der Waals surface area contributed by atoms with Crippen LogP contribution in [0.25, 0.3) is 0 Å². The van der Waals surface area contributed by atoms with Gasteiger partial charge in [-0.2, -0.15) is 0 Å². The van der Waals surface area contributed by atoms with Crippen LogP contribution < -0.4 is 27.0 Å². The highest BCUT2D eigenvalue weighted by molar-refractivity contribution is 6.00. The van der Waals surface area contributed by atoms with Gasteiger partial charge in [-0.3, -0.25) is 20.6 Å². The molecule has 0 amide bonds. The van der Waals surface area contributed by atoms with Gasteiger partial charge >= 0.3 is 0 Å². The zero-order chi connectivity index (χ0) is 24.5. The minimum absolute atomic E-state index is 0.0309. The second kappa shape index (κ2) is 12.0. The van der Waals surface area contributed by atoms with Crippen molar-refractivity contribution in [3.05, 3.63) is 48.0 Å². The van der Waals surface area contributed by atoms with Crippen molar-refractivity contribution in [3.8, 4) is 0 Å². The van der Waals surface area contributed by atoms with Gasteiger partial charge in [0.15, 0.2) is 17.9 Å². The van der Waals surface area contributed by atoms with Crippen LogP contribution in [0.4, 0.5) is 0 Å². The smallest absolute Gasteiger partial charge is 0.202 e. The first-order valence-electron chi connectivity index (χ1n) is 12.1. The minimum Gasteiger partial charge on any atom is -0.370 e. The molecule has 0 spiro atoms. The van der Waals surface area contributed by atoms with Crippen molar-refractivity contribution in [3.63, 3.8) is 0 Å². The topological polar surface area (TPSA) is 158 Å². The molecule has 0 saturated carbocycles. The van der Waals surface area contributed by atoms with Crippen molar-refractivity contribution in [2.24, 2.45) is 25.7 Å². The van der Waals surface area contributed by atoms with Crippen molar-refractivity contribution in [1.82, 2.24) is 36.1 Å². The third-order valence-corrected chi connectivity index (χ3v) is 5.61. The van der Waals surface area contributed by atoms with Crippen LogP contribution in [-0.4, -0.2) is 83.6 Å². The van der Waals surface area contributed by atoms with Crippen molar-refractivity contribution in [2.75, 3.05) is 32.8 Å². The van der Waals surface area contributed by atoms with Gasteiger partial charge < -0.3 is 31.2 Å². The number of H-pyrrole nitrogens is 2. The van der Waals surface area contributed by atoms with E-state index in [0.29, 0.717) is 43.6 Å². The molecule has 4 heterocycles. The van der Waals surface area contributed by atoms with Crippen molar-refractivity contribution >= 4 is 23.8 Å². The van der Waals surface area contributed by atoms with Crippen LogP contribution in [0.15, 0.2) is 56.6 Å². The Bertz CT molecular complexity index is 1030. The van der Waals surface area contributed by atoms with Crippen LogP contribution >= 0.6 is 0 Å². The summed E-state index contributed by atoms with van der Waals surface area (Å²) in [6.45, 7) is 7.18. The number of rotatable bonds is 8. The summed E-state index contributed by atoms with van der Waals surface area (Å²) in [6, 6.07) is 8.26. The van der Waals surface area contributed by atoms with Crippen molar-refractivity contribution in [2.45, 2.75) is 38.8 Å². The summed E-state index contributed by atoms with van der Waals surface area (Å²) in [7, 11) is 0. The third kappa shape index (κ3) is 7.52. The number of nitrogens with zero attached hydrogens (tertiary/aromatic N) is 5. The highest BCUT2D eigenvalue weighted by Crippen LogP contribution is 2.03. The first-order chi connectivity index (χ1) is 17.0. The lowest BCUT2D eigenvalue weighted by molar-refractivity contribution is 0.400. The fraction of sp³-hybridized carbons (Fsp3) is 0.478. The highest BCUT2D eigenvalue weighted by Gasteiger charge is 2.19. The van der Waals surface area contributed by atoms with E-state index in [4.69, 9.17) is 15.7 Å². The lowest BCUT2D eigenvalue weighted by Gasteiger charge is -2.27. The van der Waals surface area contributed by atoms with Crippen LogP contribution in [0.2, 0.25) is 0 Å². The molecule has 35 heavy (non-hydrogen) atoms. The summed E-state index contributed by atoms with van der Waals surface area (Å²) < 4.78 is 0. The molecule has 0 bridgehead atoms. The third-order valence-electron chi connectivity index (χ3n) is 5.61. The van der Waals surface area contributed by atoms with E-state index in [0.717, 1.165) is 31.6 Å². The summed E-state index contributed by atoms with van der Waals surface area (Å²) >= 11 is 0. The number of aromatic nitrogens is 2. The SMILES string of the molecule is CC1CN=C(NCN(CCc2ccc[nH]2)C2=NC(C)CN=C(N)N2)NC(NCCc2ccc[nH]2)=N1. The van der Waals surface area contributed by atoms with Gasteiger partial charge in [0.25, 0.3) is 0 Å². The first-order valence-corrected chi connectivity index (χ1v) is 12.1. The number of nitrogens with two attached hydrogens (primary N) is 1. The van der Waals surface area contributed by atoms with Crippen molar-refractivity contribution in [1.29, 1.82) is 0 Å². The number of hydrogen-bond donors (Lipinski definition) is 7. The van der Waals surface area contributed by atoms with Crippen LogP contribution in [-0.2, 0) is 12.8 Å². The fourth-order valence-corrected chi connectivity index (χ4v) is 3.73. The molecule has 12 heteroatoms. The molecule has 0 aliphatic carbocycles. The maximum Gasteiger partial charge on any atom is 0.202 e. The average molecular weight is 481 g/mol. The van der Waals surface area contributed by atoms with Gasteiger partial charge in [0.1, 0.15) is 0 Å². The largest absolute Gasteiger partial charge is 0.370 e. The second-order valence-corrected chi connectivity index (χ2v) is 8.71. The quantitative estimate of drug-likeness (QED) is 0.262. The molecule has 12 nitrogen and oxygen atoms in total. The predicted octanol–water partition coefficient (Wildman–Crippen LogP) is -0.0672. The molecule has 8 N–H and O–H groups in total. The van der Waals surface area contributed by atoms with Crippen molar-refractivity contribution < 1.29 is 0 Å². The molecule has 2 aromatic heterocycles. The first kappa shape index (κ1) is 24.2. The van der Waals surface area contributed by atoms with E-state index in [-0.39, 0.29) is 12.1 Å². The summed E-state index contributed by atoms with van der Waals surface area (Å²) in [5.41, 5.74) is 8.36. The molecular weight excluding hydrogens is 444 g/mol. The molecule has 2 atom stereocenters. The Morgan fingerprint density at radius 1 is 0.914 bits per heavy atom. The van der Waals surface area contributed by atoms with E-state index < -0.39 is 0 Å². The fourth-order valence-electron chi connectivity index (χ4n) is 3.73. The molecule has 0 saturated heterocycles. The van der Waals surface area contributed by atoms with Gasteiger partial charge in [-0.05, 0) is 38.1 Å². The molecule has 188 valence electrons. The van der Waals surface area contributed by atoms with Crippen LogP contribution in [0.5, 0.6) is 0 Å². The van der Waals surface area contributed by atoms with Gasteiger partial charge in [-0.25, -0.2) is 9.98 Å². The maximum absolute atomic E-state index is 6.03. The summed E-state index contributed by atoms with van der Waals surface area (Å²) in [5.74, 6) is 2.43. The van der Waals surface area contributed by atoms with Gasteiger partial charge in [0, 0.05) is 49.7 Å². The van der Waals surface area contributed by atoms with Crippen LogP contribution in [0.3, 0.4) is 0 Å². The molecule has 4 rings (SSSR count). The number of guanidine groups is 4. The summed E-state index contributed by atoms with van der Waals surface area (Å²) in [4.78, 5) is 27.1. The Labute approximate surface area is 205 Å². The standard InChI is InChI=1S/C23H36N12/c1-16-14-29-21(34-22(31-16)27-11-7-18-5-3-9-25-18)30-15-35(12-8-19-6-4-10-26-19)23-32-17(2)13-28-20(24)33-23/h3-6,9-10,16-17,25-26H,7-8,11-15H2,1-2H3,(H3,24,28,32,33)(H3,27,29,30,31,34). The molecule has 2 aromatic rings. The second-order valence-electron chi connectivity index (χ2n) is 8.71. The minimum atomic E-state index is 0.0309. The Balaban J connectivity index is 1.38. The molecular formula is C23H36N12. The Kier molecular flexibility index (Phi) is 8.25. The van der Waals surface area contributed by atoms with Gasteiger partial charge in [-0.15, -0.1) is 0 Å². The molecule has 0 radical (unpaired) electrons. The molecule has 2 unspecified atom stereocenters. The maximum atomic E-state index is 6.03. The number of hydrogen-bond acceptors (Lipinski definition) is 10. The zero-order valence-electron chi connectivity index (χ0n) is 20.4. The van der Waals surface area contributed by atoms with Gasteiger partial charge in [0.2, 0.25) is 5.96 Å². The predicted molar refractivity (Wildman–Crippen MR) is 141 cm³/mol. The summed E-state index contributed by atoms with van der Waals surface area (Å²) in [6.07, 6.45) is 5.57. The van der Waals surface area contributed by atoms with E-state index in [9.17, 15) is 0 Å². The van der Waals surface area contributed by atoms with E-state index in [1.165, 1.54) is 5.69 Å². The van der Waals surface area contributed by atoms with Gasteiger partial charge in [-0.1, -0.05) is 0 Å². The molecule has 0 fully saturated rings. The van der Waals surface area contributed by atoms with Crippen LogP contribution in [0.1, 0.15) is 25.2 Å². The normalized spacial score (nSPS) is 20.2. The zero-order valence-corrected chi connectivity index (χ0v) is 20.4. The highest BCUT2D eigenvalue weighted by atomic mass is 15.4. The Morgan fingerprint density at radius 2 is 1.63 bits per heavy atom. The van der Waals surface area contributed by atoms with E-state index in [2.05, 4.69) is 65.2 Å². The van der Waals surface area contributed by atoms with E-state index in [1.54, 1.807) is 0 Å². The number of aromatic amines is 2. The average Bonchev–Trinajstić information content (AvgIpc) is 3.48. The lowest BCUT2D eigenvalue weighted by atomic mass is 10.3. The van der Waals surface area contributed by atoms with Crippen LogP contribution in [0, 0.1) is 0 Å². The molecule has 0 aromatic carbocycles. The lowest BCUT2D eigenvalue weighted by Crippen LogP contribution is -2.54. The molecule has 2 aliphatic heterocycles. The summed E-state index contributed by atoms with van der Waals surface area (Å²) in [5, 5.41) is 13.3. The van der Waals surface area contributed by atoms with E-state index >= 15 is 0 Å².